The van der Waals surface area contributed by atoms with Crippen molar-refractivity contribution < 1.29 is 28.6 Å². The van der Waals surface area contributed by atoms with Gasteiger partial charge in [0.15, 0.2) is 5.78 Å². The van der Waals surface area contributed by atoms with E-state index in [4.69, 9.17) is 9.15 Å². The molecule has 33 heavy (non-hydrogen) atoms. The van der Waals surface area contributed by atoms with E-state index in [1.807, 2.05) is 19.1 Å². The van der Waals surface area contributed by atoms with E-state index in [0.29, 0.717) is 31.6 Å². The zero-order valence-electron chi connectivity index (χ0n) is 19.6. The largest absolute Gasteiger partial charge is 0.507 e. The fourth-order valence-electron chi connectivity index (χ4n) is 3.30. The van der Waals surface area contributed by atoms with E-state index in [9.17, 15) is 19.5 Å². The van der Waals surface area contributed by atoms with Crippen molar-refractivity contribution in [3.8, 4) is 5.75 Å². The molecule has 0 saturated heterocycles. The predicted molar refractivity (Wildman–Crippen MR) is 126 cm³/mol. The van der Waals surface area contributed by atoms with Crippen molar-refractivity contribution in [3.63, 3.8) is 0 Å². The number of nitrogens with one attached hydrogen (secondary N) is 1. The number of thiophene rings is 1. The van der Waals surface area contributed by atoms with Crippen LogP contribution in [0.4, 0.5) is 4.79 Å². The minimum absolute atomic E-state index is 0.186. The Labute approximate surface area is 197 Å². The van der Waals surface area contributed by atoms with Crippen LogP contribution >= 0.6 is 11.3 Å². The third-order valence-electron chi connectivity index (χ3n) is 5.17. The van der Waals surface area contributed by atoms with Crippen molar-refractivity contribution in [2.24, 2.45) is 5.41 Å². The Hall–Kier alpha value is -2.91. The number of ketones is 1. The molecule has 0 bridgehead atoms. The lowest BCUT2D eigenvalue weighted by atomic mass is 9.81. The van der Waals surface area contributed by atoms with Crippen LogP contribution in [0.3, 0.4) is 0 Å². The minimum atomic E-state index is -0.911. The summed E-state index contributed by atoms with van der Waals surface area (Å²) in [5.74, 6) is -0.732. The fourth-order valence-corrected chi connectivity index (χ4v) is 4.52. The first-order valence-electron chi connectivity index (χ1n) is 10.6. The van der Waals surface area contributed by atoms with Gasteiger partial charge in [-0.1, -0.05) is 26.8 Å². The smallest absolute Gasteiger partial charge is 0.410 e. The molecule has 0 aliphatic heterocycles. The fraction of sp³-hybridized carbons (Fsp3) is 0.458. The summed E-state index contributed by atoms with van der Waals surface area (Å²) in [6.45, 7) is 5.84. The van der Waals surface area contributed by atoms with E-state index in [0.717, 1.165) is 9.75 Å². The topological polar surface area (TPSA) is 115 Å². The van der Waals surface area contributed by atoms with Crippen LogP contribution in [0.5, 0.6) is 5.75 Å². The molecular formula is C24H31NO7S. The summed E-state index contributed by atoms with van der Waals surface area (Å²) in [7, 11) is 2.90. The first kappa shape index (κ1) is 26.3. The van der Waals surface area contributed by atoms with Crippen molar-refractivity contribution in [1.82, 2.24) is 5.32 Å². The number of rotatable bonds is 11. The maximum Gasteiger partial charge on any atom is 0.410 e. The van der Waals surface area contributed by atoms with Crippen molar-refractivity contribution in [2.75, 3.05) is 14.2 Å². The third kappa shape index (κ3) is 7.30. The first-order chi connectivity index (χ1) is 15.6. The summed E-state index contributed by atoms with van der Waals surface area (Å²) < 4.78 is 15.0. The van der Waals surface area contributed by atoms with Crippen molar-refractivity contribution in [1.29, 1.82) is 0 Å². The molecule has 2 aromatic rings. The number of Topliss-reactive ketones (excluding diaryl/α,β-unsaturated/α-hetero) is 1. The van der Waals surface area contributed by atoms with Gasteiger partial charge < -0.3 is 19.0 Å². The first-order valence-corrected chi connectivity index (χ1v) is 11.4. The van der Waals surface area contributed by atoms with Crippen LogP contribution in [0.15, 0.2) is 39.7 Å². The summed E-state index contributed by atoms with van der Waals surface area (Å²) in [5.41, 5.74) is -2.08. The Balaban J connectivity index is 2.10. The summed E-state index contributed by atoms with van der Waals surface area (Å²) in [6, 6.07) is 5.23. The quantitative estimate of drug-likeness (QED) is 0.448. The average molecular weight is 478 g/mol. The van der Waals surface area contributed by atoms with E-state index in [1.165, 1.54) is 19.4 Å². The third-order valence-corrected chi connectivity index (χ3v) is 6.23. The lowest BCUT2D eigenvalue weighted by Crippen LogP contribution is -2.31. The van der Waals surface area contributed by atoms with Gasteiger partial charge in [-0.25, -0.2) is 9.59 Å². The predicted octanol–water partition coefficient (Wildman–Crippen LogP) is 4.76. The molecule has 0 aromatic carbocycles. The second-order valence-corrected chi connectivity index (χ2v) is 9.66. The van der Waals surface area contributed by atoms with Gasteiger partial charge in [0.2, 0.25) is 0 Å². The number of aromatic hydroxyl groups is 1. The van der Waals surface area contributed by atoms with Gasteiger partial charge in [-0.05, 0) is 31.4 Å². The van der Waals surface area contributed by atoms with Gasteiger partial charge in [0.25, 0.3) is 0 Å². The number of allylic oxidation sites excluding steroid dienone is 1. The molecule has 1 amide bonds. The standard InChI is InChI=1S/C24H31NO7S/c1-15(8-6-7-11-25-23(29)31-5)19-12-18(26)20(22(28)32-19)21(27)24(2,3)13-16-9-10-17(33-16)14-30-4/h7,9-12,15,26H,6,8,13-14H2,1-5H3,(H,25,29)/b11-7+. The molecule has 0 saturated carbocycles. The van der Waals surface area contributed by atoms with Crippen molar-refractivity contribution >= 4 is 23.2 Å². The molecule has 1 atom stereocenters. The molecule has 2 N–H and O–H groups in total. The van der Waals surface area contributed by atoms with Gasteiger partial charge in [-0.2, -0.15) is 0 Å². The highest BCUT2D eigenvalue weighted by atomic mass is 32.1. The van der Waals surface area contributed by atoms with E-state index in [-0.39, 0.29) is 17.2 Å². The molecule has 2 aromatic heterocycles. The molecule has 180 valence electrons. The Bertz CT molecular complexity index is 1050. The summed E-state index contributed by atoms with van der Waals surface area (Å²) >= 11 is 1.55. The number of hydrogen-bond acceptors (Lipinski definition) is 8. The highest BCUT2D eigenvalue weighted by Gasteiger charge is 2.34. The number of amides is 1. The second kappa shape index (κ2) is 11.8. The average Bonchev–Trinajstić information content (AvgIpc) is 3.18. The minimum Gasteiger partial charge on any atom is -0.507 e. The van der Waals surface area contributed by atoms with E-state index in [2.05, 4.69) is 10.1 Å². The molecule has 8 nitrogen and oxygen atoms in total. The SMILES string of the molecule is COCc1ccc(CC(C)(C)C(=O)c2c(O)cc(C(C)CC/C=C/NC(=O)OC)oc2=O)s1. The van der Waals surface area contributed by atoms with Crippen LogP contribution in [0.25, 0.3) is 0 Å². The van der Waals surface area contributed by atoms with Crippen LogP contribution in [0, 0.1) is 5.41 Å². The number of alkyl carbamates (subject to hydrolysis) is 1. The van der Waals surface area contributed by atoms with Gasteiger partial charge in [-0.3, -0.25) is 10.1 Å². The zero-order chi connectivity index (χ0) is 24.6. The monoisotopic (exact) mass is 477 g/mol. The lowest BCUT2D eigenvalue weighted by molar-refractivity contribution is 0.0830. The van der Waals surface area contributed by atoms with Crippen molar-refractivity contribution in [2.45, 2.75) is 52.6 Å². The molecule has 0 aliphatic carbocycles. The van der Waals surface area contributed by atoms with E-state index < -0.39 is 22.9 Å². The molecule has 0 radical (unpaired) electrons. The summed E-state index contributed by atoms with van der Waals surface area (Å²) in [5, 5.41) is 12.9. The number of hydrogen-bond donors (Lipinski definition) is 2. The van der Waals surface area contributed by atoms with E-state index in [1.54, 1.807) is 38.4 Å². The van der Waals surface area contributed by atoms with Crippen LogP contribution in [-0.4, -0.2) is 31.2 Å². The Morgan fingerprint density at radius 1 is 1.27 bits per heavy atom. The normalized spacial score (nSPS) is 12.6. The van der Waals surface area contributed by atoms with Gasteiger partial charge in [0, 0.05) is 40.5 Å². The molecule has 2 rings (SSSR count). The molecule has 0 aliphatic rings. The molecule has 2 heterocycles. The number of carbonyl (C=O) groups excluding carboxylic acids is 2. The summed E-state index contributed by atoms with van der Waals surface area (Å²) in [4.78, 5) is 38.8. The highest BCUT2D eigenvalue weighted by molar-refractivity contribution is 7.11. The van der Waals surface area contributed by atoms with E-state index >= 15 is 0 Å². The van der Waals surface area contributed by atoms with Crippen LogP contribution in [0.1, 0.15) is 65.4 Å². The second-order valence-electron chi connectivity index (χ2n) is 8.40. The van der Waals surface area contributed by atoms with Gasteiger partial charge in [0.05, 0.1) is 13.7 Å². The lowest BCUT2D eigenvalue weighted by Gasteiger charge is -2.22. The molecule has 0 spiro atoms. The van der Waals surface area contributed by atoms with Crippen LogP contribution in [-0.2, 0) is 22.5 Å². The van der Waals surface area contributed by atoms with Gasteiger partial charge in [-0.15, -0.1) is 11.3 Å². The van der Waals surface area contributed by atoms with Crippen molar-refractivity contribution in [3.05, 3.63) is 62.0 Å². The number of carbonyl (C=O) groups is 2. The van der Waals surface area contributed by atoms with Gasteiger partial charge >= 0.3 is 11.7 Å². The Morgan fingerprint density at radius 3 is 2.61 bits per heavy atom. The molecule has 1 unspecified atom stereocenters. The number of ether oxygens (including phenoxy) is 2. The molecule has 0 fully saturated rings. The number of methoxy groups -OCH3 is 2. The highest BCUT2D eigenvalue weighted by Crippen LogP contribution is 2.33. The van der Waals surface area contributed by atoms with Crippen LogP contribution < -0.4 is 10.9 Å². The maximum absolute atomic E-state index is 13.2. The van der Waals surface area contributed by atoms with Crippen LogP contribution in [0.2, 0.25) is 0 Å². The Kier molecular flexibility index (Phi) is 9.43. The summed E-state index contributed by atoms with van der Waals surface area (Å²) in [6.07, 6.45) is 4.27. The molecule has 9 heteroatoms. The molecular weight excluding hydrogens is 446 g/mol. The maximum atomic E-state index is 13.2. The van der Waals surface area contributed by atoms with Gasteiger partial charge in [0.1, 0.15) is 17.1 Å². The zero-order valence-corrected chi connectivity index (χ0v) is 20.4. The Morgan fingerprint density at radius 2 is 1.97 bits per heavy atom.